The van der Waals surface area contributed by atoms with E-state index in [9.17, 15) is 0 Å². The highest BCUT2D eigenvalue weighted by Gasteiger charge is 2.32. The number of nitrogens with zero attached hydrogens (tertiary/aromatic N) is 2. The molecule has 2 aliphatic rings. The molecule has 0 spiro atoms. The first-order valence-electron chi connectivity index (χ1n) is 8.02. The predicted molar refractivity (Wildman–Crippen MR) is 83.4 cm³/mol. The van der Waals surface area contributed by atoms with Crippen LogP contribution in [0.1, 0.15) is 37.3 Å². The summed E-state index contributed by atoms with van der Waals surface area (Å²) < 4.78 is 0. The fourth-order valence-electron chi connectivity index (χ4n) is 3.65. The third kappa shape index (κ3) is 3.05. The van der Waals surface area contributed by atoms with Gasteiger partial charge in [0.25, 0.3) is 0 Å². The van der Waals surface area contributed by atoms with Gasteiger partial charge in [0.15, 0.2) is 0 Å². The molecule has 0 bridgehead atoms. The lowest BCUT2D eigenvalue weighted by Crippen LogP contribution is -2.58. The number of fused-ring (bicyclic) bond motifs is 1. The normalized spacial score (nSPS) is 28.3. The minimum atomic E-state index is 0.636. The van der Waals surface area contributed by atoms with E-state index >= 15 is 0 Å². The van der Waals surface area contributed by atoms with Crippen molar-refractivity contribution in [1.29, 1.82) is 0 Å². The van der Waals surface area contributed by atoms with E-state index in [2.05, 4.69) is 41.0 Å². The van der Waals surface area contributed by atoms with Crippen LogP contribution in [0, 0.1) is 0 Å². The van der Waals surface area contributed by atoms with Gasteiger partial charge in [-0.2, -0.15) is 0 Å². The molecule has 2 unspecified atom stereocenters. The van der Waals surface area contributed by atoms with E-state index in [-0.39, 0.29) is 0 Å². The molecule has 2 fully saturated rings. The van der Waals surface area contributed by atoms with Crippen LogP contribution in [0.3, 0.4) is 0 Å². The second-order valence-corrected chi connectivity index (χ2v) is 6.44. The average Bonchev–Trinajstić information content (AvgIpc) is 2.49. The van der Waals surface area contributed by atoms with E-state index < -0.39 is 0 Å². The first kappa shape index (κ1) is 14.1. The molecule has 0 saturated carbocycles. The van der Waals surface area contributed by atoms with Gasteiger partial charge in [0.1, 0.15) is 0 Å². The Bertz CT molecular complexity index is 428. The standard InChI is InChI=1S/C17H27N3/c1-14-11-19-9-3-2-4-17(19)13-20(14)12-16-7-5-15(10-18)6-8-16/h5-8,14,17H,2-4,9-13,18H2,1H3. The Morgan fingerprint density at radius 1 is 1.10 bits per heavy atom. The summed E-state index contributed by atoms with van der Waals surface area (Å²) in [5, 5.41) is 0. The zero-order valence-corrected chi connectivity index (χ0v) is 12.6. The lowest BCUT2D eigenvalue weighted by atomic mass is 9.96. The lowest BCUT2D eigenvalue weighted by Gasteiger charge is -2.47. The van der Waals surface area contributed by atoms with Crippen LogP contribution in [-0.2, 0) is 13.1 Å². The molecule has 2 aliphatic heterocycles. The Morgan fingerprint density at radius 2 is 1.85 bits per heavy atom. The Labute approximate surface area is 122 Å². The van der Waals surface area contributed by atoms with Crippen LogP contribution in [0.4, 0.5) is 0 Å². The Kier molecular flexibility index (Phi) is 4.39. The van der Waals surface area contributed by atoms with Crippen LogP contribution < -0.4 is 5.73 Å². The molecule has 110 valence electrons. The fraction of sp³-hybridized carbons (Fsp3) is 0.647. The van der Waals surface area contributed by atoms with Crippen molar-refractivity contribution in [1.82, 2.24) is 9.80 Å². The minimum absolute atomic E-state index is 0.636. The van der Waals surface area contributed by atoms with Crippen molar-refractivity contribution >= 4 is 0 Å². The van der Waals surface area contributed by atoms with E-state index in [4.69, 9.17) is 5.73 Å². The molecule has 2 heterocycles. The predicted octanol–water partition coefficient (Wildman–Crippen LogP) is 2.20. The van der Waals surface area contributed by atoms with Crippen molar-refractivity contribution in [3.63, 3.8) is 0 Å². The van der Waals surface area contributed by atoms with Gasteiger partial charge < -0.3 is 5.73 Å². The lowest BCUT2D eigenvalue weighted by molar-refractivity contribution is 0.0111. The number of rotatable bonds is 3. The molecular formula is C17H27N3. The van der Waals surface area contributed by atoms with Crippen LogP contribution in [0.2, 0.25) is 0 Å². The molecule has 0 radical (unpaired) electrons. The highest BCUT2D eigenvalue weighted by molar-refractivity contribution is 5.22. The maximum absolute atomic E-state index is 5.66. The molecule has 3 nitrogen and oxygen atoms in total. The number of nitrogens with two attached hydrogens (primary N) is 1. The van der Waals surface area contributed by atoms with Crippen molar-refractivity contribution in [2.75, 3.05) is 19.6 Å². The fourth-order valence-corrected chi connectivity index (χ4v) is 3.65. The Balaban J connectivity index is 1.63. The summed E-state index contributed by atoms with van der Waals surface area (Å²) >= 11 is 0. The minimum Gasteiger partial charge on any atom is -0.326 e. The maximum Gasteiger partial charge on any atom is 0.0237 e. The smallest absolute Gasteiger partial charge is 0.0237 e. The summed E-state index contributed by atoms with van der Waals surface area (Å²) in [6.45, 7) is 7.88. The Hall–Kier alpha value is -0.900. The van der Waals surface area contributed by atoms with Gasteiger partial charge in [-0.3, -0.25) is 9.80 Å². The van der Waals surface area contributed by atoms with E-state index in [1.54, 1.807) is 0 Å². The molecule has 3 rings (SSSR count). The Morgan fingerprint density at radius 3 is 2.60 bits per heavy atom. The van der Waals surface area contributed by atoms with Crippen molar-refractivity contribution in [3.05, 3.63) is 35.4 Å². The first-order chi connectivity index (χ1) is 9.76. The molecule has 1 aromatic carbocycles. The van der Waals surface area contributed by atoms with Gasteiger partial charge in [0.2, 0.25) is 0 Å². The summed E-state index contributed by atoms with van der Waals surface area (Å²) in [7, 11) is 0. The topological polar surface area (TPSA) is 32.5 Å². The zero-order chi connectivity index (χ0) is 13.9. The highest BCUT2D eigenvalue weighted by atomic mass is 15.3. The molecule has 2 N–H and O–H groups in total. The van der Waals surface area contributed by atoms with Gasteiger partial charge in [0, 0.05) is 38.3 Å². The second kappa shape index (κ2) is 6.25. The van der Waals surface area contributed by atoms with Crippen molar-refractivity contribution < 1.29 is 0 Å². The molecule has 20 heavy (non-hydrogen) atoms. The van der Waals surface area contributed by atoms with Gasteiger partial charge in [-0.05, 0) is 37.4 Å². The molecule has 3 heteroatoms. The molecule has 2 atom stereocenters. The molecule has 0 aromatic heterocycles. The van der Waals surface area contributed by atoms with Crippen LogP contribution in [0.25, 0.3) is 0 Å². The monoisotopic (exact) mass is 273 g/mol. The largest absolute Gasteiger partial charge is 0.326 e. The van der Waals surface area contributed by atoms with Crippen LogP contribution in [-0.4, -0.2) is 41.5 Å². The van der Waals surface area contributed by atoms with Crippen molar-refractivity contribution in [2.45, 2.75) is 51.4 Å². The summed E-state index contributed by atoms with van der Waals surface area (Å²) in [6.07, 6.45) is 4.19. The van der Waals surface area contributed by atoms with Gasteiger partial charge in [-0.1, -0.05) is 30.7 Å². The molecule has 2 saturated heterocycles. The average molecular weight is 273 g/mol. The number of piperazine rings is 1. The number of benzene rings is 1. The molecular weight excluding hydrogens is 246 g/mol. The quantitative estimate of drug-likeness (QED) is 0.916. The summed E-state index contributed by atoms with van der Waals surface area (Å²) in [5.74, 6) is 0. The van der Waals surface area contributed by atoms with Crippen LogP contribution in [0.15, 0.2) is 24.3 Å². The SMILES string of the molecule is CC1CN2CCCCC2CN1Cc1ccc(CN)cc1. The van der Waals surface area contributed by atoms with E-state index in [1.807, 2.05) is 0 Å². The number of piperidine rings is 1. The third-order valence-corrected chi connectivity index (χ3v) is 4.96. The van der Waals surface area contributed by atoms with Gasteiger partial charge >= 0.3 is 0 Å². The molecule has 0 aliphatic carbocycles. The van der Waals surface area contributed by atoms with Gasteiger partial charge in [-0.25, -0.2) is 0 Å². The number of hydrogen-bond acceptors (Lipinski definition) is 3. The summed E-state index contributed by atoms with van der Waals surface area (Å²) in [6, 6.07) is 10.3. The summed E-state index contributed by atoms with van der Waals surface area (Å²) in [4.78, 5) is 5.37. The van der Waals surface area contributed by atoms with Crippen LogP contribution in [0.5, 0.6) is 0 Å². The van der Waals surface area contributed by atoms with Crippen LogP contribution >= 0.6 is 0 Å². The van der Waals surface area contributed by atoms with Gasteiger partial charge in [0.05, 0.1) is 0 Å². The first-order valence-corrected chi connectivity index (χ1v) is 8.02. The van der Waals surface area contributed by atoms with E-state index in [0.717, 1.165) is 12.6 Å². The molecule has 1 aromatic rings. The maximum atomic E-state index is 5.66. The number of hydrogen-bond donors (Lipinski definition) is 1. The van der Waals surface area contributed by atoms with Crippen molar-refractivity contribution in [2.24, 2.45) is 5.73 Å². The third-order valence-electron chi connectivity index (χ3n) is 4.96. The van der Waals surface area contributed by atoms with E-state index in [0.29, 0.717) is 12.6 Å². The summed E-state index contributed by atoms with van der Waals surface area (Å²) in [5.41, 5.74) is 8.30. The highest BCUT2D eigenvalue weighted by Crippen LogP contribution is 2.25. The zero-order valence-electron chi connectivity index (χ0n) is 12.6. The van der Waals surface area contributed by atoms with Gasteiger partial charge in [-0.15, -0.1) is 0 Å². The van der Waals surface area contributed by atoms with Crippen molar-refractivity contribution in [3.8, 4) is 0 Å². The van der Waals surface area contributed by atoms with E-state index in [1.165, 1.54) is 50.0 Å². The second-order valence-electron chi connectivity index (χ2n) is 6.44. The molecule has 0 amide bonds.